The third kappa shape index (κ3) is 2.53. The van der Waals surface area contributed by atoms with Crippen molar-refractivity contribution in [2.24, 2.45) is 0 Å². The van der Waals surface area contributed by atoms with E-state index in [0.717, 1.165) is 6.54 Å². The van der Waals surface area contributed by atoms with Crippen LogP contribution in [0.25, 0.3) is 5.82 Å². The molecule has 0 aliphatic rings. The highest BCUT2D eigenvalue weighted by atomic mass is 19.3. The fourth-order valence-corrected chi connectivity index (χ4v) is 1.68. The molecule has 0 radical (unpaired) electrons. The number of nitrogens with one attached hydrogen (secondary N) is 1. The standard InChI is InChI=1S/C12H14F2N4/c1-2-15-7-9-8-17-18(11(9)12(13)14)10-5-3-4-6-16-10/h3-6,8,12,15H,2,7H2,1H3. The first-order valence-electron chi connectivity index (χ1n) is 5.71. The Bertz CT molecular complexity index is 496. The molecule has 0 aliphatic carbocycles. The largest absolute Gasteiger partial charge is 0.313 e. The van der Waals surface area contributed by atoms with Crippen LogP contribution >= 0.6 is 0 Å². The van der Waals surface area contributed by atoms with Gasteiger partial charge >= 0.3 is 0 Å². The van der Waals surface area contributed by atoms with Crippen LogP contribution in [-0.4, -0.2) is 21.3 Å². The molecule has 0 unspecified atom stereocenters. The third-order valence-electron chi connectivity index (χ3n) is 2.52. The number of halogens is 2. The van der Waals surface area contributed by atoms with Gasteiger partial charge in [-0.3, -0.25) is 0 Å². The van der Waals surface area contributed by atoms with Gasteiger partial charge in [-0.1, -0.05) is 13.0 Å². The Morgan fingerprint density at radius 3 is 2.83 bits per heavy atom. The van der Waals surface area contributed by atoms with Gasteiger partial charge in [-0.2, -0.15) is 5.10 Å². The SMILES string of the molecule is CCNCc1cnn(-c2ccccn2)c1C(F)F. The number of rotatable bonds is 5. The molecule has 0 spiro atoms. The average molecular weight is 252 g/mol. The lowest BCUT2D eigenvalue weighted by molar-refractivity contribution is 0.141. The predicted octanol–water partition coefficient (Wildman–Crippen LogP) is 2.31. The van der Waals surface area contributed by atoms with Crippen LogP contribution in [0.2, 0.25) is 0 Å². The van der Waals surface area contributed by atoms with Gasteiger partial charge in [-0.25, -0.2) is 18.4 Å². The second-order valence-electron chi connectivity index (χ2n) is 3.74. The van der Waals surface area contributed by atoms with Gasteiger partial charge in [-0.15, -0.1) is 0 Å². The summed E-state index contributed by atoms with van der Waals surface area (Å²) in [5, 5.41) is 7.01. The lowest BCUT2D eigenvalue weighted by Gasteiger charge is -2.08. The van der Waals surface area contributed by atoms with Gasteiger partial charge in [0.15, 0.2) is 5.82 Å². The summed E-state index contributed by atoms with van der Waals surface area (Å²) in [4.78, 5) is 4.03. The van der Waals surface area contributed by atoms with E-state index in [1.165, 1.54) is 10.9 Å². The normalized spacial score (nSPS) is 11.1. The number of aromatic nitrogens is 3. The molecule has 0 aliphatic heterocycles. The molecule has 2 aromatic heterocycles. The first-order valence-corrected chi connectivity index (χ1v) is 5.71. The average Bonchev–Trinajstić information content (AvgIpc) is 2.81. The molecule has 6 heteroatoms. The molecule has 96 valence electrons. The van der Waals surface area contributed by atoms with E-state index in [1.54, 1.807) is 24.4 Å². The minimum absolute atomic E-state index is 0.102. The van der Waals surface area contributed by atoms with Gasteiger partial charge in [-0.05, 0) is 18.7 Å². The number of hydrogen-bond donors (Lipinski definition) is 1. The maximum absolute atomic E-state index is 13.1. The van der Waals surface area contributed by atoms with Crippen LogP contribution in [0.15, 0.2) is 30.6 Å². The van der Waals surface area contributed by atoms with Crippen molar-refractivity contribution in [3.05, 3.63) is 41.9 Å². The minimum atomic E-state index is -2.58. The van der Waals surface area contributed by atoms with Crippen LogP contribution in [0.1, 0.15) is 24.6 Å². The third-order valence-corrected chi connectivity index (χ3v) is 2.52. The lowest BCUT2D eigenvalue weighted by atomic mass is 10.2. The van der Waals surface area contributed by atoms with Crippen molar-refractivity contribution >= 4 is 0 Å². The lowest BCUT2D eigenvalue weighted by Crippen LogP contribution is -2.14. The van der Waals surface area contributed by atoms with Crippen molar-refractivity contribution in [2.45, 2.75) is 19.9 Å². The Morgan fingerprint density at radius 1 is 1.39 bits per heavy atom. The summed E-state index contributed by atoms with van der Waals surface area (Å²) < 4.78 is 27.4. The number of nitrogens with zero attached hydrogens (tertiary/aromatic N) is 3. The second-order valence-corrected chi connectivity index (χ2v) is 3.74. The molecule has 0 bridgehead atoms. The Kier molecular flexibility index (Phi) is 3.99. The summed E-state index contributed by atoms with van der Waals surface area (Å²) in [6.07, 6.45) is 0.429. The van der Waals surface area contributed by atoms with E-state index in [-0.39, 0.29) is 5.69 Å². The highest BCUT2D eigenvalue weighted by Crippen LogP contribution is 2.24. The van der Waals surface area contributed by atoms with Crippen LogP contribution in [0.3, 0.4) is 0 Å². The van der Waals surface area contributed by atoms with E-state index in [0.29, 0.717) is 17.9 Å². The van der Waals surface area contributed by atoms with Crippen LogP contribution in [0, 0.1) is 0 Å². The van der Waals surface area contributed by atoms with Crippen molar-refractivity contribution in [2.75, 3.05) is 6.54 Å². The predicted molar refractivity (Wildman–Crippen MR) is 63.7 cm³/mol. The van der Waals surface area contributed by atoms with E-state index < -0.39 is 6.43 Å². The van der Waals surface area contributed by atoms with Gasteiger partial charge in [0.2, 0.25) is 0 Å². The molecule has 2 aromatic rings. The highest BCUT2D eigenvalue weighted by molar-refractivity contribution is 5.29. The summed E-state index contributed by atoms with van der Waals surface area (Å²) in [6.45, 7) is 3.02. The van der Waals surface area contributed by atoms with Gasteiger partial charge < -0.3 is 5.32 Å². The van der Waals surface area contributed by atoms with Gasteiger partial charge in [0.1, 0.15) is 5.69 Å². The maximum atomic E-state index is 13.1. The molecule has 0 saturated carbocycles. The first-order chi connectivity index (χ1) is 8.74. The fraction of sp³-hybridized carbons (Fsp3) is 0.333. The van der Waals surface area contributed by atoms with E-state index >= 15 is 0 Å². The molecule has 2 heterocycles. The van der Waals surface area contributed by atoms with Gasteiger partial charge in [0.05, 0.1) is 6.20 Å². The zero-order chi connectivity index (χ0) is 13.0. The van der Waals surface area contributed by atoms with Crippen LogP contribution in [0.5, 0.6) is 0 Å². The maximum Gasteiger partial charge on any atom is 0.280 e. The molecule has 4 nitrogen and oxygen atoms in total. The summed E-state index contributed by atoms with van der Waals surface area (Å²) in [5.74, 6) is 0.399. The quantitative estimate of drug-likeness (QED) is 0.888. The van der Waals surface area contributed by atoms with Crippen molar-refractivity contribution in [1.82, 2.24) is 20.1 Å². The first kappa shape index (κ1) is 12.6. The molecule has 0 amide bonds. The van der Waals surface area contributed by atoms with Crippen molar-refractivity contribution in [3.63, 3.8) is 0 Å². The molecule has 18 heavy (non-hydrogen) atoms. The number of pyridine rings is 1. The van der Waals surface area contributed by atoms with Crippen molar-refractivity contribution in [3.8, 4) is 5.82 Å². The van der Waals surface area contributed by atoms with Crippen LogP contribution in [-0.2, 0) is 6.54 Å². The molecule has 0 fully saturated rings. The molecule has 2 rings (SSSR count). The highest BCUT2D eigenvalue weighted by Gasteiger charge is 2.20. The van der Waals surface area contributed by atoms with Crippen LogP contribution < -0.4 is 5.32 Å². The summed E-state index contributed by atoms with van der Waals surface area (Å²) in [7, 11) is 0. The topological polar surface area (TPSA) is 42.7 Å². The zero-order valence-corrected chi connectivity index (χ0v) is 9.98. The number of hydrogen-bond acceptors (Lipinski definition) is 3. The van der Waals surface area contributed by atoms with Gasteiger partial charge in [0.25, 0.3) is 6.43 Å². The smallest absolute Gasteiger partial charge is 0.280 e. The molecule has 0 aromatic carbocycles. The Labute approximate surface area is 104 Å². The van der Waals surface area contributed by atoms with E-state index in [2.05, 4.69) is 15.4 Å². The second kappa shape index (κ2) is 5.68. The molecular weight excluding hydrogens is 238 g/mol. The molecule has 1 N–H and O–H groups in total. The van der Waals surface area contributed by atoms with Crippen molar-refractivity contribution in [1.29, 1.82) is 0 Å². The Morgan fingerprint density at radius 2 is 2.22 bits per heavy atom. The molecular formula is C12H14F2N4. The minimum Gasteiger partial charge on any atom is -0.313 e. The monoisotopic (exact) mass is 252 g/mol. The summed E-state index contributed by atoms with van der Waals surface area (Å²) in [6, 6.07) is 5.12. The van der Waals surface area contributed by atoms with E-state index in [1.807, 2.05) is 6.92 Å². The Hall–Kier alpha value is -1.82. The fourth-order valence-electron chi connectivity index (χ4n) is 1.68. The van der Waals surface area contributed by atoms with Crippen LogP contribution in [0.4, 0.5) is 8.78 Å². The van der Waals surface area contributed by atoms with E-state index in [4.69, 9.17) is 0 Å². The number of alkyl halides is 2. The zero-order valence-electron chi connectivity index (χ0n) is 9.98. The van der Waals surface area contributed by atoms with Gasteiger partial charge in [0, 0.05) is 18.3 Å². The summed E-state index contributed by atoms with van der Waals surface area (Å²) >= 11 is 0. The molecule has 0 saturated heterocycles. The van der Waals surface area contributed by atoms with E-state index in [9.17, 15) is 8.78 Å². The summed E-state index contributed by atoms with van der Waals surface area (Å²) in [5.41, 5.74) is 0.396. The Balaban J connectivity index is 2.39. The van der Waals surface area contributed by atoms with Crippen molar-refractivity contribution < 1.29 is 8.78 Å². The molecule has 0 atom stereocenters.